The molecule has 0 amide bonds. The Kier molecular flexibility index (Phi) is 3.66. The van der Waals surface area contributed by atoms with E-state index in [-0.39, 0.29) is 11.6 Å². The molecule has 0 aliphatic heterocycles. The Morgan fingerprint density at radius 1 is 1.47 bits per heavy atom. The Labute approximate surface area is 92.6 Å². The normalized spacial score (nSPS) is 14.7. The van der Waals surface area contributed by atoms with Crippen molar-refractivity contribution in [3.63, 3.8) is 0 Å². The van der Waals surface area contributed by atoms with Crippen LogP contribution in [0.4, 0.5) is 5.69 Å². The molecule has 4 nitrogen and oxygen atoms in total. The molecule has 0 bridgehead atoms. The second-order valence-electron chi connectivity index (χ2n) is 3.49. The Morgan fingerprint density at radius 3 is 2.53 bits per heavy atom. The monoisotopic (exact) mass is 229 g/mol. The molecule has 0 aromatic heterocycles. The van der Waals surface area contributed by atoms with E-state index in [0.29, 0.717) is 10.6 Å². The van der Waals surface area contributed by atoms with Gasteiger partial charge in [0.15, 0.2) is 0 Å². The fourth-order valence-electron chi connectivity index (χ4n) is 1.32. The van der Waals surface area contributed by atoms with Crippen LogP contribution in [-0.4, -0.2) is 16.1 Å². The van der Waals surface area contributed by atoms with Crippen molar-refractivity contribution in [3.8, 4) is 0 Å². The quantitative estimate of drug-likeness (QED) is 0.640. The van der Waals surface area contributed by atoms with Gasteiger partial charge in [-0.25, -0.2) is 0 Å². The molecule has 0 spiro atoms. The molecule has 1 rings (SSSR count). The summed E-state index contributed by atoms with van der Waals surface area (Å²) in [5, 5.41) is 20.5. The number of hydrogen-bond acceptors (Lipinski definition) is 3. The van der Waals surface area contributed by atoms with Gasteiger partial charge in [-0.15, -0.1) is 0 Å². The van der Waals surface area contributed by atoms with Crippen LogP contribution in [0.5, 0.6) is 0 Å². The van der Waals surface area contributed by atoms with Gasteiger partial charge in [-0.3, -0.25) is 10.1 Å². The number of nitro benzene ring substituents is 1. The minimum Gasteiger partial charge on any atom is -0.393 e. The van der Waals surface area contributed by atoms with Gasteiger partial charge in [-0.2, -0.15) is 0 Å². The molecule has 15 heavy (non-hydrogen) atoms. The zero-order valence-electron chi connectivity index (χ0n) is 8.48. The van der Waals surface area contributed by atoms with Crippen LogP contribution in [0.3, 0.4) is 0 Å². The third-order valence-electron chi connectivity index (χ3n) is 2.40. The summed E-state index contributed by atoms with van der Waals surface area (Å²) in [7, 11) is 0. The zero-order valence-corrected chi connectivity index (χ0v) is 9.23. The summed E-state index contributed by atoms with van der Waals surface area (Å²) in [6.45, 7) is 3.34. The third kappa shape index (κ3) is 2.67. The summed E-state index contributed by atoms with van der Waals surface area (Å²) >= 11 is 5.68. The van der Waals surface area contributed by atoms with E-state index >= 15 is 0 Å². The van der Waals surface area contributed by atoms with Gasteiger partial charge in [0, 0.05) is 22.6 Å². The predicted octanol–water partition coefficient (Wildman–Crippen LogP) is 2.73. The highest BCUT2D eigenvalue weighted by molar-refractivity contribution is 6.30. The first-order chi connectivity index (χ1) is 6.93. The topological polar surface area (TPSA) is 63.4 Å². The van der Waals surface area contributed by atoms with Gasteiger partial charge in [0.05, 0.1) is 11.0 Å². The summed E-state index contributed by atoms with van der Waals surface area (Å²) in [5.74, 6) is -0.289. The maximum Gasteiger partial charge on any atom is 0.274 e. The molecule has 1 N–H and O–H groups in total. The Balaban J connectivity index is 3.22. The fourth-order valence-corrected chi connectivity index (χ4v) is 1.49. The minimum absolute atomic E-state index is 0.0455. The van der Waals surface area contributed by atoms with Crippen LogP contribution in [0.1, 0.15) is 25.3 Å². The van der Waals surface area contributed by atoms with Crippen LogP contribution in [0, 0.1) is 10.1 Å². The van der Waals surface area contributed by atoms with E-state index in [9.17, 15) is 15.2 Å². The van der Waals surface area contributed by atoms with Gasteiger partial charge in [-0.1, -0.05) is 24.6 Å². The predicted molar refractivity (Wildman–Crippen MR) is 58.2 cm³/mol. The highest BCUT2D eigenvalue weighted by atomic mass is 35.5. The van der Waals surface area contributed by atoms with Gasteiger partial charge >= 0.3 is 0 Å². The lowest BCUT2D eigenvalue weighted by Crippen LogP contribution is -2.12. The van der Waals surface area contributed by atoms with Gasteiger partial charge in [0.1, 0.15) is 0 Å². The molecule has 0 radical (unpaired) electrons. The molecule has 0 aliphatic carbocycles. The average molecular weight is 230 g/mol. The minimum atomic E-state index is -0.634. The Bertz CT molecular complexity index is 379. The number of aliphatic hydroxyl groups excluding tert-OH is 1. The molecular weight excluding hydrogens is 218 g/mol. The van der Waals surface area contributed by atoms with Crippen molar-refractivity contribution in [2.24, 2.45) is 0 Å². The molecule has 0 heterocycles. The second-order valence-corrected chi connectivity index (χ2v) is 3.93. The van der Waals surface area contributed by atoms with Crippen molar-refractivity contribution in [3.05, 3.63) is 38.9 Å². The van der Waals surface area contributed by atoms with Crippen molar-refractivity contribution in [2.45, 2.75) is 25.9 Å². The number of nitrogens with zero attached hydrogens (tertiary/aromatic N) is 1. The summed E-state index contributed by atoms with van der Waals surface area (Å²) in [4.78, 5) is 10.3. The summed E-state index contributed by atoms with van der Waals surface area (Å²) in [5.41, 5.74) is 0.454. The highest BCUT2D eigenvalue weighted by Gasteiger charge is 2.22. The van der Waals surface area contributed by atoms with E-state index < -0.39 is 11.0 Å². The van der Waals surface area contributed by atoms with Gasteiger partial charge in [0.25, 0.3) is 5.69 Å². The van der Waals surface area contributed by atoms with E-state index in [1.54, 1.807) is 26.0 Å². The molecule has 2 unspecified atom stereocenters. The number of halogens is 1. The number of aliphatic hydroxyl groups is 1. The Morgan fingerprint density at radius 2 is 2.07 bits per heavy atom. The molecule has 5 heteroatoms. The lowest BCUT2D eigenvalue weighted by molar-refractivity contribution is -0.385. The maximum atomic E-state index is 10.8. The summed E-state index contributed by atoms with van der Waals surface area (Å²) in [6.07, 6.45) is -0.634. The fraction of sp³-hybridized carbons (Fsp3) is 0.400. The first kappa shape index (κ1) is 11.9. The van der Waals surface area contributed by atoms with E-state index in [1.807, 2.05) is 0 Å². The van der Waals surface area contributed by atoms with Crippen molar-refractivity contribution in [1.82, 2.24) is 0 Å². The summed E-state index contributed by atoms with van der Waals surface area (Å²) in [6, 6.07) is 4.47. The largest absolute Gasteiger partial charge is 0.393 e. The molecule has 0 aliphatic rings. The Hall–Kier alpha value is -1.13. The van der Waals surface area contributed by atoms with Crippen molar-refractivity contribution >= 4 is 17.3 Å². The van der Waals surface area contributed by atoms with Crippen molar-refractivity contribution < 1.29 is 10.0 Å². The van der Waals surface area contributed by atoms with Crippen LogP contribution < -0.4 is 0 Å². The van der Waals surface area contributed by atoms with E-state index in [2.05, 4.69) is 0 Å². The van der Waals surface area contributed by atoms with Crippen LogP contribution in [0.25, 0.3) is 0 Å². The molecule has 1 aromatic carbocycles. The van der Waals surface area contributed by atoms with Crippen LogP contribution in [-0.2, 0) is 0 Å². The first-order valence-corrected chi connectivity index (χ1v) is 4.93. The van der Waals surface area contributed by atoms with Crippen LogP contribution >= 0.6 is 11.6 Å². The van der Waals surface area contributed by atoms with Gasteiger partial charge < -0.3 is 5.11 Å². The third-order valence-corrected chi connectivity index (χ3v) is 2.64. The summed E-state index contributed by atoms with van der Waals surface area (Å²) < 4.78 is 0. The van der Waals surface area contributed by atoms with E-state index in [0.717, 1.165) is 0 Å². The average Bonchev–Trinajstić information content (AvgIpc) is 2.16. The second kappa shape index (κ2) is 4.59. The molecule has 1 aromatic rings. The SMILES string of the molecule is CC(O)C(C)c1ccc(Cl)cc1[N+](=O)[O-]. The smallest absolute Gasteiger partial charge is 0.274 e. The molecule has 82 valence electrons. The number of benzene rings is 1. The molecular formula is C10H12ClNO3. The first-order valence-electron chi connectivity index (χ1n) is 4.55. The molecule has 2 atom stereocenters. The van der Waals surface area contributed by atoms with Crippen molar-refractivity contribution in [1.29, 1.82) is 0 Å². The van der Waals surface area contributed by atoms with Gasteiger partial charge in [-0.05, 0) is 13.0 Å². The molecule has 0 saturated heterocycles. The van der Waals surface area contributed by atoms with Crippen LogP contribution in [0.2, 0.25) is 5.02 Å². The van der Waals surface area contributed by atoms with E-state index in [4.69, 9.17) is 11.6 Å². The van der Waals surface area contributed by atoms with Gasteiger partial charge in [0.2, 0.25) is 0 Å². The van der Waals surface area contributed by atoms with Crippen LogP contribution in [0.15, 0.2) is 18.2 Å². The van der Waals surface area contributed by atoms with Crippen molar-refractivity contribution in [2.75, 3.05) is 0 Å². The van der Waals surface area contributed by atoms with E-state index in [1.165, 1.54) is 6.07 Å². The maximum absolute atomic E-state index is 10.8. The lowest BCUT2D eigenvalue weighted by Gasteiger charge is -2.14. The highest BCUT2D eigenvalue weighted by Crippen LogP contribution is 2.30. The number of hydrogen-bond donors (Lipinski definition) is 1. The number of nitro groups is 1. The lowest BCUT2D eigenvalue weighted by atomic mass is 9.95. The standard InChI is InChI=1S/C10H12ClNO3/c1-6(7(2)13)9-4-3-8(11)5-10(9)12(14)15/h3-7,13H,1-2H3. The molecule has 0 saturated carbocycles. The molecule has 0 fully saturated rings. The number of rotatable bonds is 3. The zero-order chi connectivity index (χ0) is 11.6.